The first-order valence-electron chi connectivity index (χ1n) is 11.6. The molecule has 3 rings (SSSR count). The highest BCUT2D eigenvalue weighted by atomic mass is 35.5. The largest absolute Gasteiger partial charge is 0.339 e. The maximum Gasteiger partial charge on any atom is 0.325 e. The van der Waals surface area contributed by atoms with Gasteiger partial charge in [-0.05, 0) is 69.8 Å². The minimum absolute atomic E-state index is 0.0458. The standard InChI is InChI=1S/C24H34ClFN4O3/c1-16(2)7-10-24(22(32)30(23(33)27-24)14-13-28(3)4)17-8-11-29(12-9-17)21(31)19-15-18(25)5-6-20(19)26/h5-6,15-17H,7-14H2,1-4H3,(H,27,33). The molecular formula is C24H34ClFN4O3. The maximum absolute atomic E-state index is 14.2. The number of likely N-dealkylation sites (tertiary alicyclic amines) is 1. The molecule has 182 valence electrons. The molecule has 0 aliphatic carbocycles. The van der Waals surface area contributed by atoms with Crippen molar-refractivity contribution >= 4 is 29.4 Å². The number of carbonyl (C=O) groups excluding carboxylic acids is 3. The van der Waals surface area contributed by atoms with Crippen molar-refractivity contribution in [1.29, 1.82) is 0 Å². The molecule has 1 atom stereocenters. The number of rotatable bonds is 8. The van der Waals surface area contributed by atoms with Gasteiger partial charge in [0.15, 0.2) is 0 Å². The van der Waals surface area contributed by atoms with E-state index in [0.29, 0.717) is 56.4 Å². The zero-order valence-electron chi connectivity index (χ0n) is 19.9. The second-order valence-corrected chi connectivity index (χ2v) is 10.2. The van der Waals surface area contributed by atoms with Gasteiger partial charge in [0.25, 0.3) is 11.8 Å². The summed E-state index contributed by atoms with van der Waals surface area (Å²) in [5.74, 6) is -0.880. The van der Waals surface area contributed by atoms with Crippen LogP contribution in [0.4, 0.5) is 9.18 Å². The Morgan fingerprint density at radius 3 is 2.55 bits per heavy atom. The molecule has 1 N–H and O–H groups in total. The average molecular weight is 481 g/mol. The van der Waals surface area contributed by atoms with Crippen LogP contribution in [-0.4, -0.2) is 78.4 Å². The Labute approximate surface area is 200 Å². The molecule has 33 heavy (non-hydrogen) atoms. The van der Waals surface area contributed by atoms with Gasteiger partial charge >= 0.3 is 6.03 Å². The molecule has 9 heteroatoms. The summed E-state index contributed by atoms with van der Waals surface area (Å²) in [4.78, 5) is 44.1. The third-order valence-corrected chi connectivity index (χ3v) is 6.96. The number of nitrogens with one attached hydrogen (secondary N) is 1. The molecule has 0 saturated carbocycles. The fourth-order valence-electron chi connectivity index (χ4n) is 4.72. The lowest BCUT2D eigenvalue weighted by Crippen LogP contribution is -2.56. The first kappa shape index (κ1) is 25.4. The lowest BCUT2D eigenvalue weighted by atomic mass is 9.73. The second kappa shape index (κ2) is 10.4. The van der Waals surface area contributed by atoms with Gasteiger partial charge in [-0.15, -0.1) is 0 Å². The number of imide groups is 1. The van der Waals surface area contributed by atoms with E-state index in [-0.39, 0.29) is 23.4 Å². The smallest absolute Gasteiger partial charge is 0.325 e. The van der Waals surface area contributed by atoms with E-state index in [1.54, 1.807) is 4.90 Å². The van der Waals surface area contributed by atoms with Crippen molar-refractivity contribution in [2.45, 2.75) is 45.1 Å². The van der Waals surface area contributed by atoms with Crippen LogP contribution in [0.1, 0.15) is 49.9 Å². The lowest BCUT2D eigenvalue weighted by Gasteiger charge is -2.41. The van der Waals surface area contributed by atoms with Gasteiger partial charge in [-0.25, -0.2) is 9.18 Å². The zero-order valence-corrected chi connectivity index (χ0v) is 20.6. The number of piperidine rings is 1. The van der Waals surface area contributed by atoms with Crippen LogP contribution >= 0.6 is 11.6 Å². The van der Waals surface area contributed by atoms with Gasteiger partial charge in [0.05, 0.1) is 5.56 Å². The number of hydrogen-bond donors (Lipinski definition) is 1. The van der Waals surface area contributed by atoms with E-state index in [1.165, 1.54) is 23.1 Å². The SMILES string of the molecule is CC(C)CCC1(C2CCN(C(=O)c3cc(Cl)ccc3F)CC2)NC(=O)N(CCN(C)C)C1=O. The van der Waals surface area contributed by atoms with E-state index >= 15 is 0 Å². The fourth-order valence-corrected chi connectivity index (χ4v) is 4.89. The van der Waals surface area contributed by atoms with E-state index < -0.39 is 17.3 Å². The van der Waals surface area contributed by atoms with E-state index in [4.69, 9.17) is 11.6 Å². The Balaban J connectivity index is 1.76. The number of amides is 4. The number of benzene rings is 1. The summed E-state index contributed by atoms with van der Waals surface area (Å²) in [7, 11) is 3.81. The third-order valence-electron chi connectivity index (χ3n) is 6.73. The monoisotopic (exact) mass is 480 g/mol. The summed E-state index contributed by atoms with van der Waals surface area (Å²) in [5.41, 5.74) is -1.00. The molecule has 2 saturated heterocycles. The maximum atomic E-state index is 14.2. The van der Waals surface area contributed by atoms with Gasteiger partial charge in [0, 0.05) is 31.2 Å². The molecule has 1 unspecified atom stereocenters. The van der Waals surface area contributed by atoms with Crippen LogP contribution in [0.25, 0.3) is 0 Å². The van der Waals surface area contributed by atoms with Crippen LogP contribution in [0.5, 0.6) is 0 Å². The van der Waals surface area contributed by atoms with Crippen molar-refractivity contribution in [1.82, 2.24) is 20.0 Å². The summed E-state index contributed by atoms with van der Waals surface area (Å²) in [6, 6.07) is 3.61. The molecule has 1 aromatic carbocycles. The Morgan fingerprint density at radius 1 is 1.27 bits per heavy atom. The summed E-state index contributed by atoms with van der Waals surface area (Å²) in [6.07, 6.45) is 2.48. The van der Waals surface area contributed by atoms with Gasteiger partial charge < -0.3 is 15.1 Å². The van der Waals surface area contributed by atoms with Crippen molar-refractivity contribution in [3.63, 3.8) is 0 Å². The molecule has 2 heterocycles. The Kier molecular flexibility index (Phi) is 8.00. The van der Waals surface area contributed by atoms with Gasteiger partial charge in [0.1, 0.15) is 11.4 Å². The van der Waals surface area contributed by atoms with Crippen LogP contribution in [0.2, 0.25) is 5.02 Å². The van der Waals surface area contributed by atoms with Gasteiger partial charge in [0.2, 0.25) is 0 Å². The van der Waals surface area contributed by atoms with Crippen molar-refractivity contribution in [2.24, 2.45) is 11.8 Å². The van der Waals surface area contributed by atoms with E-state index in [9.17, 15) is 18.8 Å². The predicted octanol–water partition coefficient (Wildman–Crippen LogP) is 3.62. The van der Waals surface area contributed by atoms with Crippen molar-refractivity contribution in [2.75, 3.05) is 40.3 Å². The van der Waals surface area contributed by atoms with Gasteiger partial charge in [-0.1, -0.05) is 25.4 Å². The number of urea groups is 1. The second-order valence-electron chi connectivity index (χ2n) is 9.78. The predicted molar refractivity (Wildman–Crippen MR) is 126 cm³/mol. The van der Waals surface area contributed by atoms with Crippen LogP contribution in [0.3, 0.4) is 0 Å². The van der Waals surface area contributed by atoms with E-state index in [1.807, 2.05) is 19.0 Å². The quantitative estimate of drug-likeness (QED) is 0.577. The summed E-state index contributed by atoms with van der Waals surface area (Å²) >= 11 is 5.95. The van der Waals surface area contributed by atoms with Crippen molar-refractivity contribution in [3.05, 3.63) is 34.6 Å². The minimum atomic E-state index is -0.954. The highest BCUT2D eigenvalue weighted by molar-refractivity contribution is 6.31. The minimum Gasteiger partial charge on any atom is -0.339 e. The van der Waals surface area contributed by atoms with E-state index in [0.717, 1.165) is 6.42 Å². The Bertz CT molecular complexity index is 902. The zero-order chi connectivity index (χ0) is 24.3. The number of likely N-dealkylation sites (N-methyl/N-ethyl adjacent to an activating group) is 1. The molecule has 0 radical (unpaired) electrons. The lowest BCUT2D eigenvalue weighted by molar-refractivity contribution is -0.134. The first-order chi connectivity index (χ1) is 15.5. The Morgan fingerprint density at radius 2 is 1.94 bits per heavy atom. The molecular weight excluding hydrogens is 447 g/mol. The first-order valence-corrected chi connectivity index (χ1v) is 12.0. The van der Waals surface area contributed by atoms with Gasteiger partial charge in [-0.2, -0.15) is 0 Å². The summed E-state index contributed by atoms with van der Waals surface area (Å²) in [6.45, 7) is 5.91. The summed E-state index contributed by atoms with van der Waals surface area (Å²) < 4.78 is 14.2. The van der Waals surface area contributed by atoms with Crippen LogP contribution < -0.4 is 5.32 Å². The van der Waals surface area contributed by atoms with Crippen molar-refractivity contribution < 1.29 is 18.8 Å². The highest BCUT2D eigenvalue weighted by Crippen LogP contribution is 2.38. The topological polar surface area (TPSA) is 73.0 Å². The van der Waals surface area contributed by atoms with Crippen molar-refractivity contribution in [3.8, 4) is 0 Å². The third kappa shape index (κ3) is 5.49. The number of hydrogen-bond acceptors (Lipinski definition) is 4. The van der Waals surface area contributed by atoms with Crippen LogP contribution in [0, 0.1) is 17.7 Å². The number of halogens is 2. The molecule has 2 aliphatic rings. The normalized spacial score (nSPS) is 21.9. The average Bonchev–Trinajstić information content (AvgIpc) is 3.02. The van der Waals surface area contributed by atoms with Gasteiger partial charge in [-0.3, -0.25) is 14.5 Å². The van der Waals surface area contributed by atoms with Crippen LogP contribution in [0.15, 0.2) is 18.2 Å². The number of nitrogens with zero attached hydrogens (tertiary/aromatic N) is 3. The molecule has 2 fully saturated rings. The molecule has 0 bridgehead atoms. The Hall–Kier alpha value is -2.19. The molecule has 1 aromatic rings. The highest BCUT2D eigenvalue weighted by Gasteiger charge is 2.55. The summed E-state index contributed by atoms with van der Waals surface area (Å²) in [5, 5.41) is 3.35. The molecule has 0 aromatic heterocycles. The number of carbonyl (C=O) groups is 3. The molecule has 7 nitrogen and oxygen atoms in total. The molecule has 4 amide bonds. The van der Waals surface area contributed by atoms with Crippen LogP contribution in [-0.2, 0) is 4.79 Å². The molecule has 2 aliphatic heterocycles. The molecule has 0 spiro atoms. The fraction of sp³-hybridized carbons (Fsp3) is 0.625. The van der Waals surface area contributed by atoms with E-state index in [2.05, 4.69) is 19.2 Å².